The number of benzene rings is 8. The van der Waals surface area contributed by atoms with Gasteiger partial charge in [-0.05, 0) is 56.4 Å². The van der Waals surface area contributed by atoms with Gasteiger partial charge in [0.2, 0.25) is 0 Å². The largest absolute Gasteiger partial charge is 0.455 e. The van der Waals surface area contributed by atoms with Crippen molar-refractivity contribution in [3.63, 3.8) is 0 Å². The molecule has 0 saturated heterocycles. The number of para-hydroxylation sites is 1. The number of furan rings is 1. The summed E-state index contributed by atoms with van der Waals surface area (Å²) in [4.78, 5) is 0. The molecule has 2 aromatic heterocycles. The molecule has 8 aromatic carbocycles. The molecule has 0 aliphatic carbocycles. The quantitative estimate of drug-likeness (QED) is 0.196. The van der Waals surface area contributed by atoms with Crippen molar-refractivity contribution in [2.45, 2.75) is 0 Å². The summed E-state index contributed by atoms with van der Waals surface area (Å²) in [6.07, 6.45) is 0. The Morgan fingerprint density at radius 2 is 1.07 bits per heavy atom. The van der Waals surface area contributed by atoms with Crippen LogP contribution in [-0.4, -0.2) is 0 Å². The van der Waals surface area contributed by atoms with Crippen LogP contribution in [0.15, 0.2) is 162 Å². The normalized spacial score (nSPS) is 11.9. The van der Waals surface area contributed by atoms with Gasteiger partial charge in [0, 0.05) is 47.6 Å². The van der Waals surface area contributed by atoms with Crippen LogP contribution in [0.3, 0.4) is 0 Å². The molecule has 1 nitrogen and oxygen atoms in total. The summed E-state index contributed by atoms with van der Waals surface area (Å²) in [5.41, 5.74) is 9.12. The third kappa shape index (κ3) is 3.68. The van der Waals surface area contributed by atoms with Crippen LogP contribution in [0.1, 0.15) is 0 Å². The Hall–Kier alpha value is -5.70. The van der Waals surface area contributed by atoms with Crippen molar-refractivity contribution in [3.8, 4) is 33.4 Å². The lowest BCUT2D eigenvalue weighted by molar-refractivity contribution is 0.670. The Balaban J connectivity index is 1.39. The molecule has 10 aromatic rings. The minimum atomic E-state index is 0.907. The van der Waals surface area contributed by atoms with E-state index in [1.807, 2.05) is 11.3 Å². The Labute approximate surface area is 269 Å². The SMILES string of the molecule is c1ccc(-c2ccc(-c3c4ccccc4c(-c4ccc5ccccc5c4)c4c3oc3ccccc34)c3sc4ccccc4c23)cc1. The van der Waals surface area contributed by atoms with Crippen LogP contribution >= 0.6 is 11.3 Å². The molecule has 0 bridgehead atoms. The highest BCUT2D eigenvalue weighted by Gasteiger charge is 2.25. The van der Waals surface area contributed by atoms with Crippen molar-refractivity contribution in [1.82, 2.24) is 0 Å². The van der Waals surface area contributed by atoms with Gasteiger partial charge in [-0.25, -0.2) is 0 Å². The van der Waals surface area contributed by atoms with Crippen LogP contribution in [0.2, 0.25) is 0 Å². The lowest BCUT2D eigenvalue weighted by atomic mass is 9.86. The fourth-order valence-corrected chi connectivity index (χ4v) is 8.69. The topological polar surface area (TPSA) is 13.1 Å². The van der Waals surface area contributed by atoms with Crippen molar-refractivity contribution in [2.24, 2.45) is 0 Å². The molecule has 214 valence electrons. The maximum absolute atomic E-state index is 6.94. The van der Waals surface area contributed by atoms with Crippen molar-refractivity contribution < 1.29 is 4.42 Å². The molecular weight excluding hydrogens is 577 g/mol. The number of rotatable bonds is 3. The summed E-state index contributed by atoms with van der Waals surface area (Å²) in [7, 11) is 0. The van der Waals surface area contributed by atoms with Crippen LogP contribution in [0.5, 0.6) is 0 Å². The van der Waals surface area contributed by atoms with Gasteiger partial charge in [0.05, 0.1) is 0 Å². The van der Waals surface area contributed by atoms with Gasteiger partial charge in [0.25, 0.3) is 0 Å². The first-order valence-electron chi connectivity index (χ1n) is 15.7. The van der Waals surface area contributed by atoms with E-state index in [1.165, 1.54) is 74.9 Å². The van der Waals surface area contributed by atoms with E-state index < -0.39 is 0 Å². The van der Waals surface area contributed by atoms with Gasteiger partial charge in [-0.2, -0.15) is 0 Å². The van der Waals surface area contributed by atoms with Crippen LogP contribution in [-0.2, 0) is 0 Å². The monoisotopic (exact) mass is 602 g/mol. The highest BCUT2D eigenvalue weighted by molar-refractivity contribution is 7.26. The second-order valence-electron chi connectivity index (χ2n) is 12.0. The highest BCUT2D eigenvalue weighted by atomic mass is 32.1. The van der Waals surface area contributed by atoms with Crippen molar-refractivity contribution in [1.29, 1.82) is 0 Å². The van der Waals surface area contributed by atoms with Crippen LogP contribution in [0, 0.1) is 0 Å². The van der Waals surface area contributed by atoms with E-state index in [4.69, 9.17) is 4.42 Å². The van der Waals surface area contributed by atoms with E-state index in [0.29, 0.717) is 0 Å². The second kappa shape index (κ2) is 9.90. The maximum Gasteiger partial charge on any atom is 0.144 e. The Bertz CT molecular complexity index is 2800. The summed E-state index contributed by atoms with van der Waals surface area (Å²) < 4.78 is 9.52. The summed E-state index contributed by atoms with van der Waals surface area (Å²) in [6.45, 7) is 0. The third-order valence-corrected chi connectivity index (χ3v) is 10.7. The number of hydrogen-bond donors (Lipinski definition) is 0. The Kier molecular flexibility index (Phi) is 5.51. The number of fused-ring (bicyclic) bond motifs is 8. The van der Waals surface area contributed by atoms with Gasteiger partial charge in [0.1, 0.15) is 11.2 Å². The van der Waals surface area contributed by atoms with Gasteiger partial charge in [-0.3, -0.25) is 0 Å². The molecule has 0 aliphatic heterocycles. The standard InChI is InChI=1S/C44H26OS/c1-2-13-28(14-3-1)31-24-25-36(44-41(31)35-19-9-11-21-38(35)46-44)40-33-17-7-6-16-32(33)39(30-23-22-27-12-4-5-15-29(27)26-30)42-34-18-8-10-20-37(34)45-43(40)42/h1-26H. The smallest absolute Gasteiger partial charge is 0.144 e. The van der Waals surface area contributed by atoms with E-state index in [1.54, 1.807) is 0 Å². The molecule has 0 saturated carbocycles. The molecule has 0 fully saturated rings. The summed E-state index contributed by atoms with van der Waals surface area (Å²) >= 11 is 1.88. The van der Waals surface area contributed by atoms with Crippen molar-refractivity contribution in [2.75, 3.05) is 0 Å². The van der Waals surface area contributed by atoms with Crippen molar-refractivity contribution in [3.05, 3.63) is 158 Å². The minimum Gasteiger partial charge on any atom is -0.455 e. The molecule has 0 amide bonds. The fourth-order valence-electron chi connectivity index (χ4n) is 7.44. The first-order valence-corrected chi connectivity index (χ1v) is 16.5. The first-order chi connectivity index (χ1) is 22.8. The molecular formula is C44H26OS. The number of hydrogen-bond acceptors (Lipinski definition) is 2. The average Bonchev–Trinajstić information content (AvgIpc) is 3.70. The average molecular weight is 603 g/mol. The van der Waals surface area contributed by atoms with E-state index in [-0.39, 0.29) is 0 Å². The van der Waals surface area contributed by atoms with Gasteiger partial charge in [-0.1, -0.05) is 140 Å². The molecule has 2 heterocycles. The first kappa shape index (κ1) is 25.6. The van der Waals surface area contributed by atoms with Crippen LogP contribution in [0.4, 0.5) is 0 Å². The van der Waals surface area contributed by atoms with Crippen molar-refractivity contribution >= 4 is 75.0 Å². The second-order valence-corrected chi connectivity index (χ2v) is 13.0. The zero-order valence-corrected chi connectivity index (χ0v) is 25.6. The molecule has 0 aliphatic rings. The number of thiophene rings is 1. The lowest BCUT2D eigenvalue weighted by Crippen LogP contribution is -1.90. The predicted molar refractivity (Wildman–Crippen MR) is 198 cm³/mol. The molecule has 2 heteroatoms. The summed E-state index contributed by atoms with van der Waals surface area (Å²) in [5.74, 6) is 0. The Morgan fingerprint density at radius 1 is 0.413 bits per heavy atom. The zero-order chi connectivity index (χ0) is 30.2. The summed E-state index contributed by atoms with van der Waals surface area (Å²) in [6, 6.07) is 57.0. The molecule has 0 radical (unpaired) electrons. The fraction of sp³-hybridized carbons (Fsp3) is 0. The highest BCUT2D eigenvalue weighted by Crippen LogP contribution is 2.51. The Morgan fingerprint density at radius 3 is 1.91 bits per heavy atom. The van der Waals surface area contributed by atoms with E-state index in [9.17, 15) is 0 Å². The molecule has 0 spiro atoms. The lowest BCUT2D eigenvalue weighted by Gasteiger charge is -2.16. The van der Waals surface area contributed by atoms with Gasteiger partial charge >= 0.3 is 0 Å². The summed E-state index contributed by atoms with van der Waals surface area (Å²) in [5, 5.41) is 9.81. The molecule has 10 rings (SSSR count). The van der Waals surface area contributed by atoms with E-state index in [2.05, 4.69) is 158 Å². The van der Waals surface area contributed by atoms with Gasteiger partial charge < -0.3 is 4.42 Å². The zero-order valence-electron chi connectivity index (χ0n) is 24.8. The van der Waals surface area contributed by atoms with Crippen LogP contribution in [0.25, 0.3) is 97.0 Å². The molecule has 0 N–H and O–H groups in total. The van der Waals surface area contributed by atoms with E-state index in [0.717, 1.165) is 22.1 Å². The molecule has 0 atom stereocenters. The third-order valence-electron chi connectivity index (χ3n) is 9.46. The molecule has 0 unspecified atom stereocenters. The van der Waals surface area contributed by atoms with Crippen LogP contribution < -0.4 is 0 Å². The van der Waals surface area contributed by atoms with Gasteiger partial charge in [-0.15, -0.1) is 11.3 Å². The maximum atomic E-state index is 6.94. The van der Waals surface area contributed by atoms with Gasteiger partial charge in [0.15, 0.2) is 0 Å². The predicted octanol–water partition coefficient (Wildman–Crippen LogP) is 13.3. The van der Waals surface area contributed by atoms with E-state index >= 15 is 0 Å². The molecule has 46 heavy (non-hydrogen) atoms. The minimum absolute atomic E-state index is 0.907.